The van der Waals surface area contributed by atoms with E-state index in [0.29, 0.717) is 11.4 Å². The summed E-state index contributed by atoms with van der Waals surface area (Å²) in [6.45, 7) is 3.99. The Hall–Kier alpha value is -2.49. The zero-order valence-corrected chi connectivity index (χ0v) is 10.9. The average Bonchev–Trinajstić information content (AvgIpc) is 2.26. The number of rotatable bonds is 3. The monoisotopic (exact) mass is 256 g/mol. The van der Waals surface area contributed by atoms with Gasteiger partial charge in [-0.05, 0) is 55.3 Å². The number of benzene rings is 2. The summed E-state index contributed by atoms with van der Waals surface area (Å²) in [7, 11) is 0. The summed E-state index contributed by atoms with van der Waals surface area (Å²) in [6.07, 6.45) is 0. The topological polar surface area (TPSA) is 75.3 Å². The van der Waals surface area contributed by atoms with Gasteiger partial charge in [0.25, 0.3) is 0 Å². The standard InChI is InChI=1S/C15H16N2O2/c1-9-5-10(2)7-12(6-9)17-14-8-11(16)3-4-13(14)15(18)19/h3-8,17H,16H2,1-2H3,(H,18,19). The first-order valence-corrected chi connectivity index (χ1v) is 5.94. The van der Waals surface area contributed by atoms with E-state index >= 15 is 0 Å². The van der Waals surface area contributed by atoms with E-state index in [9.17, 15) is 4.79 Å². The Balaban J connectivity index is 2.42. The lowest BCUT2D eigenvalue weighted by Crippen LogP contribution is -2.04. The van der Waals surface area contributed by atoms with E-state index in [-0.39, 0.29) is 5.56 Å². The van der Waals surface area contributed by atoms with Crippen molar-refractivity contribution >= 4 is 23.0 Å². The van der Waals surface area contributed by atoms with Crippen LogP contribution in [0.25, 0.3) is 0 Å². The molecule has 19 heavy (non-hydrogen) atoms. The smallest absolute Gasteiger partial charge is 0.337 e. The SMILES string of the molecule is Cc1cc(C)cc(Nc2cc(N)ccc2C(=O)O)c1. The zero-order chi connectivity index (χ0) is 14.0. The van der Waals surface area contributed by atoms with E-state index in [0.717, 1.165) is 16.8 Å². The van der Waals surface area contributed by atoms with E-state index in [2.05, 4.69) is 11.4 Å². The Morgan fingerprint density at radius 1 is 1.11 bits per heavy atom. The van der Waals surface area contributed by atoms with Gasteiger partial charge in [0.2, 0.25) is 0 Å². The van der Waals surface area contributed by atoms with Crippen molar-refractivity contribution in [2.24, 2.45) is 0 Å². The van der Waals surface area contributed by atoms with Gasteiger partial charge in [0.1, 0.15) is 0 Å². The van der Waals surface area contributed by atoms with Crippen molar-refractivity contribution in [2.75, 3.05) is 11.1 Å². The first-order valence-electron chi connectivity index (χ1n) is 5.94. The number of carboxylic acid groups (broad SMARTS) is 1. The van der Waals surface area contributed by atoms with Crippen LogP contribution in [-0.2, 0) is 0 Å². The Kier molecular flexibility index (Phi) is 3.42. The van der Waals surface area contributed by atoms with E-state index in [1.165, 1.54) is 6.07 Å². The molecule has 0 spiro atoms. The Morgan fingerprint density at radius 2 is 1.74 bits per heavy atom. The summed E-state index contributed by atoms with van der Waals surface area (Å²) in [4.78, 5) is 11.2. The summed E-state index contributed by atoms with van der Waals surface area (Å²) >= 11 is 0. The molecule has 0 aliphatic rings. The summed E-state index contributed by atoms with van der Waals surface area (Å²) in [6, 6.07) is 10.7. The minimum absolute atomic E-state index is 0.202. The normalized spacial score (nSPS) is 10.2. The summed E-state index contributed by atoms with van der Waals surface area (Å²) in [5.74, 6) is -0.980. The van der Waals surface area contributed by atoms with Gasteiger partial charge in [0.05, 0.1) is 11.3 Å². The van der Waals surface area contributed by atoms with Crippen LogP contribution in [0.2, 0.25) is 0 Å². The molecule has 0 radical (unpaired) electrons. The summed E-state index contributed by atoms with van der Waals surface area (Å²) in [5, 5.41) is 12.3. The number of nitrogens with one attached hydrogen (secondary N) is 1. The highest BCUT2D eigenvalue weighted by Crippen LogP contribution is 2.25. The van der Waals surface area contributed by atoms with Crippen LogP contribution in [0.3, 0.4) is 0 Å². The van der Waals surface area contributed by atoms with Gasteiger partial charge in [0.15, 0.2) is 0 Å². The van der Waals surface area contributed by atoms with Crippen LogP contribution in [0.1, 0.15) is 21.5 Å². The van der Waals surface area contributed by atoms with Crippen LogP contribution in [0.15, 0.2) is 36.4 Å². The third-order valence-electron chi connectivity index (χ3n) is 2.77. The fraction of sp³-hybridized carbons (Fsp3) is 0.133. The molecule has 2 aromatic carbocycles. The number of carbonyl (C=O) groups is 1. The average molecular weight is 256 g/mol. The van der Waals surface area contributed by atoms with Gasteiger partial charge >= 0.3 is 5.97 Å². The number of aromatic carboxylic acids is 1. The lowest BCUT2D eigenvalue weighted by atomic mass is 10.1. The fourth-order valence-electron chi connectivity index (χ4n) is 2.05. The predicted octanol–water partition coefficient (Wildman–Crippen LogP) is 3.33. The molecule has 0 atom stereocenters. The van der Waals surface area contributed by atoms with Gasteiger partial charge in [-0.25, -0.2) is 4.79 Å². The molecule has 0 aromatic heterocycles. The number of nitrogens with two attached hydrogens (primary N) is 1. The first-order chi connectivity index (χ1) is 8.95. The zero-order valence-electron chi connectivity index (χ0n) is 10.9. The molecule has 0 aliphatic heterocycles. The lowest BCUT2D eigenvalue weighted by Gasteiger charge is -2.12. The molecule has 98 valence electrons. The Bertz CT molecular complexity index is 616. The third kappa shape index (κ3) is 3.04. The highest BCUT2D eigenvalue weighted by molar-refractivity contribution is 5.96. The molecule has 0 amide bonds. The van der Waals surface area contributed by atoms with Gasteiger partial charge in [0, 0.05) is 11.4 Å². The number of hydrogen-bond donors (Lipinski definition) is 3. The maximum atomic E-state index is 11.2. The summed E-state index contributed by atoms with van der Waals surface area (Å²) in [5.41, 5.74) is 10.0. The minimum atomic E-state index is -0.980. The molecule has 4 nitrogen and oxygen atoms in total. The second kappa shape index (κ2) is 5.02. The second-order valence-corrected chi connectivity index (χ2v) is 4.61. The van der Waals surface area contributed by atoms with Crippen LogP contribution < -0.4 is 11.1 Å². The molecule has 4 heteroatoms. The molecular formula is C15H16N2O2. The molecule has 0 fully saturated rings. The van der Waals surface area contributed by atoms with Crippen LogP contribution in [0.4, 0.5) is 17.1 Å². The molecule has 0 heterocycles. The predicted molar refractivity (Wildman–Crippen MR) is 77.0 cm³/mol. The Labute approximate surface area is 111 Å². The van der Waals surface area contributed by atoms with Crippen molar-refractivity contribution < 1.29 is 9.90 Å². The summed E-state index contributed by atoms with van der Waals surface area (Å²) < 4.78 is 0. The molecule has 0 saturated carbocycles. The molecule has 4 N–H and O–H groups in total. The Morgan fingerprint density at radius 3 is 2.32 bits per heavy atom. The van der Waals surface area contributed by atoms with Crippen molar-refractivity contribution in [1.82, 2.24) is 0 Å². The van der Waals surface area contributed by atoms with Crippen molar-refractivity contribution in [2.45, 2.75) is 13.8 Å². The van der Waals surface area contributed by atoms with Crippen molar-refractivity contribution in [3.05, 3.63) is 53.1 Å². The largest absolute Gasteiger partial charge is 0.478 e. The van der Waals surface area contributed by atoms with Gasteiger partial charge in [-0.15, -0.1) is 0 Å². The van der Waals surface area contributed by atoms with Gasteiger partial charge in [-0.3, -0.25) is 0 Å². The molecule has 0 saturated heterocycles. The number of anilines is 3. The van der Waals surface area contributed by atoms with Gasteiger partial charge in [-0.2, -0.15) is 0 Å². The van der Waals surface area contributed by atoms with Crippen LogP contribution in [-0.4, -0.2) is 11.1 Å². The van der Waals surface area contributed by atoms with Crippen molar-refractivity contribution in [3.8, 4) is 0 Å². The number of aryl methyl sites for hydroxylation is 2. The highest BCUT2D eigenvalue weighted by atomic mass is 16.4. The molecule has 2 rings (SSSR count). The van der Waals surface area contributed by atoms with Gasteiger partial charge < -0.3 is 16.2 Å². The van der Waals surface area contributed by atoms with E-state index in [1.807, 2.05) is 26.0 Å². The highest BCUT2D eigenvalue weighted by Gasteiger charge is 2.10. The molecule has 0 aliphatic carbocycles. The molecule has 0 unspecified atom stereocenters. The quantitative estimate of drug-likeness (QED) is 0.736. The van der Waals surface area contributed by atoms with Crippen molar-refractivity contribution in [3.63, 3.8) is 0 Å². The molecule has 0 bridgehead atoms. The van der Waals surface area contributed by atoms with E-state index in [4.69, 9.17) is 10.8 Å². The lowest BCUT2D eigenvalue weighted by molar-refractivity contribution is 0.0698. The second-order valence-electron chi connectivity index (χ2n) is 4.61. The fourth-order valence-corrected chi connectivity index (χ4v) is 2.05. The number of hydrogen-bond acceptors (Lipinski definition) is 3. The van der Waals surface area contributed by atoms with Gasteiger partial charge in [-0.1, -0.05) is 6.07 Å². The first kappa shape index (κ1) is 13.0. The van der Waals surface area contributed by atoms with E-state index in [1.54, 1.807) is 12.1 Å². The number of nitrogen functional groups attached to an aromatic ring is 1. The van der Waals surface area contributed by atoms with Crippen LogP contribution >= 0.6 is 0 Å². The van der Waals surface area contributed by atoms with Crippen LogP contribution in [0, 0.1) is 13.8 Å². The number of carboxylic acids is 1. The van der Waals surface area contributed by atoms with E-state index < -0.39 is 5.97 Å². The third-order valence-corrected chi connectivity index (χ3v) is 2.77. The molecule has 2 aromatic rings. The molecular weight excluding hydrogens is 240 g/mol. The van der Waals surface area contributed by atoms with Crippen LogP contribution in [0.5, 0.6) is 0 Å². The maximum absolute atomic E-state index is 11.2. The maximum Gasteiger partial charge on any atom is 0.337 e. The minimum Gasteiger partial charge on any atom is -0.478 e. The van der Waals surface area contributed by atoms with Crippen molar-refractivity contribution in [1.29, 1.82) is 0 Å².